The Kier molecular flexibility index (Phi) is 9.12. The van der Waals surface area contributed by atoms with Gasteiger partial charge in [0.15, 0.2) is 23.0 Å². The normalized spacial score (nSPS) is 18.1. The number of carbonyl (C=O) groups excluding carboxylic acids is 2. The van der Waals surface area contributed by atoms with Gasteiger partial charge in [-0.25, -0.2) is 0 Å². The van der Waals surface area contributed by atoms with Crippen LogP contribution in [0.4, 0.5) is 0 Å². The average molecular weight is 526 g/mol. The molecule has 4 rings (SSSR count). The van der Waals surface area contributed by atoms with Gasteiger partial charge in [-0.1, -0.05) is 25.8 Å². The first-order valence-electron chi connectivity index (χ1n) is 13.1. The van der Waals surface area contributed by atoms with E-state index in [0.717, 1.165) is 19.3 Å². The van der Waals surface area contributed by atoms with Crippen LogP contribution in [0.3, 0.4) is 0 Å². The van der Waals surface area contributed by atoms with E-state index in [0.29, 0.717) is 60.6 Å². The van der Waals surface area contributed by atoms with Crippen LogP contribution in [0.1, 0.15) is 50.3 Å². The molecule has 1 amide bonds. The third-order valence-corrected chi connectivity index (χ3v) is 6.48. The highest BCUT2D eigenvalue weighted by Crippen LogP contribution is 2.43. The Labute approximate surface area is 222 Å². The van der Waals surface area contributed by atoms with Crippen molar-refractivity contribution in [1.29, 1.82) is 0 Å². The van der Waals surface area contributed by atoms with Gasteiger partial charge in [-0.15, -0.1) is 0 Å². The van der Waals surface area contributed by atoms with E-state index in [9.17, 15) is 14.7 Å². The van der Waals surface area contributed by atoms with Gasteiger partial charge < -0.3 is 33.7 Å². The number of fused-ring (bicyclic) bond motifs is 1. The molecule has 1 atom stereocenters. The molecule has 38 heavy (non-hydrogen) atoms. The minimum absolute atomic E-state index is 0.0122. The molecule has 0 aromatic heterocycles. The number of carbonyl (C=O) groups is 2. The minimum atomic E-state index is -0.841. The molecule has 204 valence electrons. The molecular formula is C29H35NO8. The Morgan fingerprint density at radius 1 is 0.974 bits per heavy atom. The van der Waals surface area contributed by atoms with Crippen molar-refractivity contribution in [1.82, 2.24) is 4.90 Å². The molecule has 9 nitrogen and oxygen atoms in total. The molecule has 2 aromatic rings. The molecule has 2 aliphatic heterocycles. The van der Waals surface area contributed by atoms with Crippen LogP contribution in [0.15, 0.2) is 42.0 Å². The Balaban J connectivity index is 1.77. The van der Waals surface area contributed by atoms with E-state index in [2.05, 4.69) is 6.92 Å². The molecule has 0 spiro atoms. The lowest BCUT2D eigenvalue weighted by atomic mass is 9.94. The van der Waals surface area contributed by atoms with Gasteiger partial charge in [-0.3, -0.25) is 9.59 Å². The number of rotatable bonds is 12. The third-order valence-electron chi connectivity index (χ3n) is 6.48. The van der Waals surface area contributed by atoms with Crippen LogP contribution in [-0.4, -0.2) is 68.4 Å². The van der Waals surface area contributed by atoms with E-state index >= 15 is 0 Å². The second-order valence-corrected chi connectivity index (χ2v) is 9.04. The fraction of sp³-hybridized carbons (Fsp3) is 0.448. The largest absolute Gasteiger partial charge is 0.507 e. The molecule has 1 N–H and O–H groups in total. The maximum atomic E-state index is 13.3. The van der Waals surface area contributed by atoms with Gasteiger partial charge in [0.2, 0.25) is 0 Å². The molecule has 9 heteroatoms. The molecule has 0 radical (unpaired) electrons. The van der Waals surface area contributed by atoms with Crippen LogP contribution in [0.2, 0.25) is 0 Å². The number of nitrogens with zero attached hydrogens (tertiary/aromatic N) is 1. The maximum absolute atomic E-state index is 13.3. The van der Waals surface area contributed by atoms with Gasteiger partial charge in [0.1, 0.15) is 19.0 Å². The van der Waals surface area contributed by atoms with Crippen molar-refractivity contribution < 1.29 is 38.4 Å². The van der Waals surface area contributed by atoms with E-state index in [1.807, 2.05) is 6.92 Å². The molecule has 0 bridgehead atoms. The van der Waals surface area contributed by atoms with Crippen molar-refractivity contribution in [3.8, 4) is 23.0 Å². The van der Waals surface area contributed by atoms with E-state index in [1.54, 1.807) is 36.4 Å². The van der Waals surface area contributed by atoms with Crippen molar-refractivity contribution in [2.75, 3.05) is 46.7 Å². The standard InChI is InChI=1S/C29H35NO8/c1-4-6-7-13-36-21-10-8-19(17-23(21)35-5-2)26-25(28(32)29(33)30(26)12-14-34-3)27(31)20-9-11-22-24(18-20)38-16-15-37-22/h8-11,17-18,26,31H,4-7,12-16H2,1-3H3/b27-25+/t26-/m0/s1. The Hall–Kier alpha value is -3.72. The zero-order valence-corrected chi connectivity index (χ0v) is 22.2. The first kappa shape index (κ1) is 27.3. The van der Waals surface area contributed by atoms with E-state index in [1.165, 1.54) is 12.0 Å². The van der Waals surface area contributed by atoms with Crippen molar-refractivity contribution >= 4 is 17.4 Å². The summed E-state index contributed by atoms with van der Waals surface area (Å²) in [6.07, 6.45) is 3.08. The van der Waals surface area contributed by atoms with Crippen molar-refractivity contribution in [2.24, 2.45) is 0 Å². The summed E-state index contributed by atoms with van der Waals surface area (Å²) in [5.41, 5.74) is 0.954. The van der Waals surface area contributed by atoms with E-state index in [4.69, 9.17) is 23.7 Å². The highest BCUT2D eigenvalue weighted by Gasteiger charge is 2.46. The van der Waals surface area contributed by atoms with Crippen LogP contribution in [0, 0.1) is 0 Å². The van der Waals surface area contributed by atoms with Crippen LogP contribution >= 0.6 is 0 Å². The smallest absolute Gasteiger partial charge is 0.295 e. The summed E-state index contributed by atoms with van der Waals surface area (Å²) >= 11 is 0. The van der Waals surface area contributed by atoms with Gasteiger partial charge in [-0.05, 0) is 49.2 Å². The minimum Gasteiger partial charge on any atom is -0.507 e. The number of aliphatic hydroxyl groups is 1. The fourth-order valence-corrected chi connectivity index (χ4v) is 4.61. The SMILES string of the molecule is CCCCCOc1ccc([C@H]2/C(=C(\O)c3ccc4c(c3)OCCO4)C(=O)C(=O)N2CCOC)cc1OCC. The van der Waals surface area contributed by atoms with Crippen molar-refractivity contribution in [3.63, 3.8) is 0 Å². The van der Waals surface area contributed by atoms with Gasteiger partial charge in [0, 0.05) is 19.2 Å². The lowest BCUT2D eigenvalue weighted by molar-refractivity contribution is -0.140. The molecule has 0 unspecified atom stereocenters. The summed E-state index contributed by atoms with van der Waals surface area (Å²) in [5, 5.41) is 11.4. The van der Waals surface area contributed by atoms with E-state index in [-0.39, 0.29) is 24.5 Å². The summed E-state index contributed by atoms with van der Waals surface area (Å²) in [6, 6.07) is 9.44. The number of hydrogen-bond donors (Lipinski definition) is 1. The first-order valence-corrected chi connectivity index (χ1v) is 13.1. The van der Waals surface area contributed by atoms with Crippen molar-refractivity contribution in [3.05, 3.63) is 53.1 Å². The van der Waals surface area contributed by atoms with Gasteiger partial charge >= 0.3 is 0 Å². The summed E-state index contributed by atoms with van der Waals surface area (Å²) in [7, 11) is 1.53. The Morgan fingerprint density at radius 2 is 1.76 bits per heavy atom. The number of ketones is 1. The number of ether oxygens (including phenoxy) is 5. The molecule has 1 saturated heterocycles. The lowest BCUT2D eigenvalue weighted by Crippen LogP contribution is -2.32. The number of Topliss-reactive ketones (excluding diaryl/α,β-unsaturated/α-hetero) is 1. The second kappa shape index (κ2) is 12.7. The third kappa shape index (κ3) is 5.72. The molecule has 0 aliphatic carbocycles. The fourth-order valence-electron chi connectivity index (χ4n) is 4.61. The van der Waals surface area contributed by atoms with Crippen molar-refractivity contribution in [2.45, 2.75) is 39.2 Å². The predicted octanol–water partition coefficient (Wildman–Crippen LogP) is 4.49. The zero-order valence-electron chi connectivity index (χ0n) is 22.2. The molecule has 1 fully saturated rings. The Morgan fingerprint density at radius 3 is 2.50 bits per heavy atom. The van der Waals surface area contributed by atoms with Gasteiger partial charge in [0.25, 0.3) is 11.7 Å². The first-order chi connectivity index (χ1) is 18.5. The summed E-state index contributed by atoms with van der Waals surface area (Å²) < 4.78 is 28.2. The van der Waals surface area contributed by atoms with Crippen LogP contribution in [-0.2, 0) is 14.3 Å². The van der Waals surface area contributed by atoms with Crippen LogP contribution in [0.25, 0.3) is 5.76 Å². The molecule has 2 aromatic carbocycles. The maximum Gasteiger partial charge on any atom is 0.295 e. The monoisotopic (exact) mass is 525 g/mol. The molecular weight excluding hydrogens is 490 g/mol. The highest BCUT2D eigenvalue weighted by atomic mass is 16.6. The summed E-state index contributed by atoms with van der Waals surface area (Å²) in [5.74, 6) is 0.364. The van der Waals surface area contributed by atoms with Crippen LogP contribution < -0.4 is 18.9 Å². The Bertz CT molecular complexity index is 1190. The van der Waals surface area contributed by atoms with Gasteiger partial charge in [-0.2, -0.15) is 0 Å². The number of aliphatic hydroxyl groups excluding tert-OH is 1. The molecule has 2 heterocycles. The average Bonchev–Trinajstić information content (AvgIpc) is 3.19. The predicted molar refractivity (Wildman–Crippen MR) is 141 cm³/mol. The van der Waals surface area contributed by atoms with Gasteiger partial charge in [0.05, 0.1) is 31.4 Å². The number of amides is 1. The highest BCUT2D eigenvalue weighted by molar-refractivity contribution is 6.46. The molecule has 0 saturated carbocycles. The number of methoxy groups -OCH3 is 1. The van der Waals surface area contributed by atoms with E-state index < -0.39 is 17.7 Å². The zero-order chi connectivity index (χ0) is 27.1. The number of likely N-dealkylation sites (tertiary alicyclic amines) is 1. The lowest BCUT2D eigenvalue weighted by Gasteiger charge is -2.26. The number of benzene rings is 2. The summed E-state index contributed by atoms with van der Waals surface area (Å²) in [4.78, 5) is 27.8. The van der Waals surface area contributed by atoms with Crippen LogP contribution in [0.5, 0.6) is 23.0 Å². The number of unbranched alkanes of at least 4 members (excludes halogenated alkanes) is 2. The number of hydrogen-bond acceptors (Lipinski definition) is 8. The quantitative estimate of drug-likeness (QED) is 0.187. The summed E-state index contributed by atoms with van der Waals surface area (Å²) in [6.45, 7) is 6.19. The molecule has 2 aliphatic rings. The topological polar surface area (TPSA) is 104 Å². The second-order valence-electron chi connectivity index (χ2n) is 9.04.